The van der Waals surface area contributed by atoms with E-state index in [1.54, 1.807) is 6.92 Å². The van der Waals surface area contributed by atoms with Crippen LogP contribution in [0, 0.1) is 5.92 Å². The van der Waals surface area contributed by atoms with Crippen LogP contribution in [0.1, 0.15) is 53.4 Å². The fourth-order valence-electron chi connectivity index (χ4n) is 2.93. The fraction of sp³-hybridized carbons (Fsp3) is 0.867. The van der Waals surface area contributed by atoms with Crippen molar-refractivity contribution in [1.82, 2.24) is 10.2 Å². The lowest BCUT2D eigenvalue weighted by Crippen LogP contribution is -2.57. The minimum Gasteiger partial charge on any atom is -0.350 e. The highest BCUT2D eigenvalue weighted by atomic mass is 16.2. The van der Waals surface area contributed by atoms with E-state index in [1.807, 2.05) is 25.7 Å². The van der Waals surface area contributed by atoms with Crippen LogP contribution in [-0.4, -0.2) is 41.4 Å². The molecule has 0 unspecified atom stereocenters. The highest BCUT2D eigenvalue weighted by Crippen LogP contribution is 2.23. The van der Waals surface area contributed by atoms with Crippen LogP contribution in [0.2, 0.25) is 0 Å². The maximum absolute atomic E-state index is 12.1. The minimum absolute atomic E-state index is 0.0323. The zero-order chi connectivity index (χ0) is 15.3. The van der Waals surface area contributed by atoms with Crippen LogP contribution in [0.15, 0.2) is 0 Å². The molecule has 0 bridgehead atoms. The Morgan fingerprint density at radius 1 is 1.30 bits per heavy atom. The van der Waals surface area contributed by atoms with Crippen molar-refractivity contribution in [3.63, 3.8) is 0 Å². The number of amides is 2. The molecule has 116 valence electrons. The summed E-state index contributed by atoms with van der Waals surface area (Å²) in [5, 5.41) is 3.06. The second kappa shape index (κ2) is 7.62. The lowest BCUT2D eigenvalue weighted by Gasteiger charge is -2.40. The summed E-state index contributed by atoms with van der Waals surface area (Å²) in [6, 6.07) is -0.343. The zero-order valence-corrected chi connectivity index (χ0v) is 13.2. The molecular formula is C15H29N3O2. The molecule has 0 heterocycles. The van der Waals surface area contributed by atoms with Crippen molar-refractivity contribution in [3.8, 4) is 0 Å². The number of carbonyl (C=O) groups is 2. The molecule has 1 rings (SSSR count). The highest BCUT2D eigenvalue weighted by molar-refractivity contribution is 5.82. The maximum Gasteiger partial charge on any atom is 0.237 e. The number of hydrogen-bond acceptors (Lipinski definition) is 3. The van der Waals surface area contributed by atoms with Gasteiger partial charge in [0.05, 0.1) is 12.1 Å². The maximum atomic E-state index is 12.1. The molecule has 0 aromatic carbocycles. The van der Waals surface area contributed by atoms with Gasteiger partial charge < -0.3 is 16.0 Å². The van der Waals surface area contributed by atoms with Crippen molar-refractivity contribution in [2.45, 2.75) is 71.5 Å². The van der Waals surface area contributed by atoms with Crippen molar-refractivity contribution in [1.29, 1.82) is 0 Å². The molecule has 0 spiro atoms. The molecule has 1 aliphatic rings. The highest BCUT2D eigenvalue weighted by Gasteiger charge is 2.33. The molecule has 0 aliphatic heterocycles. The quantitative estimate of drug-likeness (QED) is 0.797. The van der Waals surface area contributed by atoms with Gasteiger partial charge in [-0.15, -0.1) is 0 Å². The van der Waals surface area contributed by atoms with E-state index in [0.717, 1.165) is 25.7 Å². The third-order valence-electron chi connectivity index (χ3n) is 4.22. The van der Waals surface area contributed by atoms with E-state index in [0.29, 0.717) is 6.54 Å². The van der Waals surface area contributed by atoms with Crippen LogP contribution in [0.5, 0.6) is 0 Å². The van der Waals surface area contributed by atoms with E-state index in [4.69, 9.17) is 5.73 Å². The molecule has 1 aliphatic carbocycles. The summed E-state index contributed by atoms with van der Waals surface area (Å²) in [4.78, 5) is 25.7. The third kappa shape index (κ3) is 4.20. The number of hydrogen-bond donors (Lipinski definition) is 2. The molecule has 20 heavy (non-hydrogen) atoms. The van der Waals surface area contributed by atoms with Crippen molar-refractivity contribution < 1.29 is 9.59 Å². The predicted molar refractivity (Wildman–Crippen MR) is 80.1 cm³/mol. The summed E-state index contributed by atoms with van der Waals surface area (Å²) in [6.45, 7) is 8.14. The summed E-state index contributed by atoms with van der Waals surface area (Å²) >= 11 is 0. The monoisotopic (exact) mass is 283 g/mol. The SMILES string of the molecule is CCN(C(C)=O)[C@@H]1CCCC[C@H]1NC(=O)[C@@H](N)C(C)C. The Morgan fingerprint density at radius 3 is 2.40 bits per heavy atom. The number of nitrogens with one attached hydrogen (secondary N) is 1. The average Bonchev–Trinajstić information content (AvgIpc) is 2.40. The van der Waals surface area contributed by atoms with E-state index in [9.17, 15) is 9.59 Å². The molecule has 0 aromatic rings. The van der Waals surface area contributed by atoms with Gasteiger partial charge in [-0.1, -0.05) is 26.7 Å². The van der Waals surface area contributed by atoms with Gasteiger partial charge in [-0.25, -0.2) is 0 Å². The minimum atomic E-state index is -0.481. The molecule has 0 saturated heterocycles. The Hall–Kier alpha value is -1.10. The van der Waals surface area contributed by atoms with Crippen molar-refractivity contribution in [3.05, 3.63) is 0 Å². The molecule has 1 fully saturated rings. The van der Waals surface area contributed by atoms with Crippen LogP contribution in [0.4, 0.5) is 0 Å². The first-order chi connectivity index (χ1) is 9.38. The van der Waals surface area contributed by atoms with Crippen LogP contribution < -0.4 is 11.1 Å². The summed E-state index contributed by atoms with van der Waals surface area (Å²) < 4.78 is 0. The van der Waals surface area contributed by atoms with Crippen molar-refractivity contribution in [2.75, 3.05) is 6.54 Å². The Balaban J connectivity index is 2.74. The van der Waals surface area contributed by atoms with Gasteiger partial charge in [-0.05, 0) is 25.7 Å². The van der Waals surface area contributed by atoms with Gasteiger partial charge in [0.1, 0.15) is 0 Å². The average molecular weight is 283 g/mol. The fourth-order valence-corrected chi connectivity index (χ4v) is 2.93. The molecule has 3 atom stereocenters. The van der Waals surface area contributed by atoms with Gasteiger partial charge in [0, 0.05) is 19.5 Å². The van der Waals surface area contributed by atoms with E-state index >= 15 is 0 Å². The van der Waals surface area contributed by atoms with E-state index in [1.165, 1.54) is 0 Å². The largest absolute Gasteiger partial charge is 0.350 e. The molecular weight excluding hydrogens is 254 g/mol. The Kier molecular flexibility index (Phi) is 6.46. The summed E-state index contributed by atoms with van der Waals surface area (Å²) in [7, 11) is 0. The first-order valence-electron chi connectivity index (χ1n) is 7.71. The standard InChI is InChI=1S/C15H29N3O2/c1-5-18(11(4)19)13-9-7-6-8-12(13)17-15(20)14(16)10(2)3/h10,12-14H,5-9,16H2,1-4H3,(H,17,20)/t12-,13-,14+/m1/s1. The van der Waals surface area contributed by atoms with Crippen molar-refractivity contribution >= 4 is 11.8 Å². The van der Waals surface area contributed by atoms with Crippen LogP contribution in [0.3, 0.4) is 0 Å². The number of nitrogens with zero attached hydrogens (tertiary/aromatic N) is 1. The van der Waals surface area contributed by atoms with Crippen LogP contribution >= 0.6 is 0 Å². The molecule has 1 saturated carbocycles. The van der Waals surface area contributed by atoms with Crippen molar-refractivity contribution in [2.24, 2.45) is 11.7 Å². The molecule has 0 radical (unpaired) electrons. The summed E-state index contributed by atoms with van der Waals surface area (Å²) in [5.41, 5.74) is 5.90. The lowest BCUT2D eigenvalue weighted by atomic mass is 9.88. The normalized spacial score (nSPS) is 24.3. The Morgan fingerprint density at radius 2 is 1.90 bits per heavy atom. The van der Waals surface area contributed by atoms with E-state index < -0.39 is 6.04 Å². The number of likely N-dealkylation sites (N-methyl/N-ethyl adjacent to an activating group) is 1. The molecule has 5 heteroatoms. The molecule has 3 N–H and O–H groups in total. The Bertz CT molecular complexity index is 344. The lowest BCUT2D eigenvalue weighted by molar-refractivity contribution is -0.134. The second-order valence-corrected chi connectivity index (χ2v) is 6.04. The first-order valence-corrected chi connectivity index (χ1v) is 7.71. The van der Waals surface area contributed by atoms with Gasteiger partial charge in [-0.2, -0.15) is 0 Å². The smallest absolute Gasteiger partial charge is 0.237 e. The predicted octanol–water partition coefficient (Wildman–Crippen LogP) is 1.27. The Labute approximate surface area is 122 Å². The van der Waals surface area contributed by atoms with Crippen LogP contribution in [-0.2, 0) is 9.59 Å². The van der Waals surface area contributed by atoms with Gasteiger partial charge in [0.25, 0.3) is 0 Å². The van der Waals surface area contributed by atoms with Gasteiger partial charge >= 0.3 is 0 Å². The zero-order valence-electron chi connectivity index (χ0n) is 13.2. The molecule has 5 nitrogen and oxygen atoms in total. The van der Waals surface area contributed by atoms with Gasteiger partial charge in [0.2, 0.25) is 11.8 Å². The first kappa shape index (κ1) is 17.0. The number of rotatable bonds is 5. The van der Waals surface area contributed by atoms with Crippen LogP contribution in [0.25, 0.3) is 0 Å². The van der Waals surface area contributed by atoms with Gasteiger partial charge in [0.15, 0.2) is 0 Å². The third-order valence-corrected chi connectivity index (χ3v) is 4.22. The molecule has 0 aromatic heterocycles. The molecule has 2 amide bonds. The number of carbonyl (C=O) groups excluding carboxylic acids is 2. The number of nitrogens with two attached hydrogens (primary N) is 1. The van der Waals surface area contributed by atoms with E-state index in [-0.39, 0.29) is 29.8 Å². The summed E-state index contributed by atoms with van der Waals surface area (Å²) in [5.74, 6) is 0.0930. The second-order valence-electron chi connectivity index (χ2n) is 6.04. The van der Waals surface area contributed by atoms with E-state index in [2.05, 4.69) is 5.32 Å². The topological polar surface area (TPSA) is 75.4 Å². The van der Waals surface area contributed by atoms with Gasteiger partial charge in [-0.3, -0.25) is 9.59 Å². The summed E-state index contributed by atoms with van der Waals surface area (Å²) in [6.07, 6.45) is 4.07.